The summed E-state index contributed by atoms with van der Waals surface area (Å²) in [6.07, 6.45) is 5.95. The second kappa shape index (κ2) is 7.48. The molecule has 0 bridgehead atoms. The predicted octanol–water partition coefficient (Wildman–Crippen LogP) is 2.21. The van der Waals surface area contributed by atoms with E-state index < -0.39 is 0 Å². The first kappa shape index (κ1) is 17.1. The normalized spacial score (nSPS) is 22.8. The van der Waals surface area contributed by atoms with E-state index in [-0.39, 0.29) is 12.0 Å². The number of aromatic nitrogens is 1. The van der Waals surface area contributed by atoms with Gasteiger partial charge in [0.2, 0.25) is 5.88 Å². The van der Waals surface area contributed by atoms with Crippen molar-refractivity contribution in [2.24, 2.45) is 0 Å². The zero-order valence-electron chi connectivity index (χ0n) is 14.3. The van der Waals surface area contributed by atoms with Crippen molar-refractivity contribution >= 4 is 17.5 Å². The van der Waals surface area contributed by atoms with E-state index in [4.69, 9.17) is 21.1 Å². The van der Waals surface area contributed by atoms with Crippen molar-refractivity contribution < 1.29 is 14.3 Å². The predicted molar refractivity (Wildman–Crippen MR) is 94.2 cm³/mol. The summed E-state index contributed by atoms with van der Waals surface area (Å²) in [6, 6.07) is 2.44. The van der Waals surface area contributed by atoms with E-state index in [9.17, 15) is 4.79 Å². The van der Waals surface area contributed by atoms with E-state index in [1.54, 1.807) is 12.3 Å². The van der Waals surface area contributed by atoms with Crippen molar-refractivity contribution in [3.63, 3.8) is 0 Å². The van der Waals surface area contributed by atoms with Crippen molar-refractivity contribution in [3.05, 3.63) is 22.8 Å². The minimum absolute atomic E-state index is 0.00228. The average Bonchev–Trinajstić information content (AvgIpc) is 3.49. The third kappa shape index (κ3) is 4.07. The summed E-state index contributed by atoms with van der Waals surface area (Å²) in [7, 11) is 0. The van der Waals surface area contributed by atoms with Crippen molar-refractivity contribution in [2.75, 3.05) is 39.4 Å². The number of hydrogen-bond acceptors (Lipinski definition) is 5. The Bertz CT molecular complexity index is 624. The van der Waals surface area contributed by atoms with Gasteiger partial charge in [0.25, 0.3) is 5.91 Å². The van der Waals surface area contributed by atoms with Gasteiger partial charge in [0, 0.05) is 51.3 Å². The maximum absolute atomic E-state index is 12.7. The van der Waals surface area contributed by atoms with Gasteiger partial charge in [-0.2, -0.15) is 0 Å². The highest BCUT2D eigenvalue weighted by Gasteiger charge is 2.32. The number of nitrogens with zero attached hydrogens (tertiary/aromatic N) is 3. The third-order valence-corrected chi connectivity index (χ3v) is 5.44. The lowest BCUT2D eigenvalue weighted by molar-refractivity contribution is 0.0237. The second-order valence-electron chi connectivity index (χ2n) is 7.00. The molecule has 3 heterocycles. The molecule has 25 heavy (non-hydrogen) atoms. The summed E-state index contributed by atoms with van der Waals surface area (Å²) in [4.78, 5) is 21.4. The number of pyridine rings is 1. The topological polar surface area (TPSA) is 54.9 Å². The van der Waals surface area contributed by atoms with Gasteiger partial charge in [-0.15, -0.1) is 0 Å². The molecular formula is C18H24ClN3O3. The number of hydrogen-bond donors (Lipinski definition) is 0. The summed E-state index contributed by atoms with van der Waals surface area (Å²) < 4.78 is 11.2. The first-order valence-electron chi connectivity index (χ1n) is 9.14. The van der Waals surface area contributed by atoms with Gasteiger partial charge in [-0.25, -0.2) is 4.98 Å². The second-order valence-corrected chi connectivity index (χ2v) is 7.41. The molecule has 1 aromatic rings. The van der Waals surface area contributed by atoms with Gasteiger partial charge in [-0.3, -0.25) is 9.69 Å². The molecule has 0 atom stereocenters. The Kier molecular flexibility index (Phi) is 5.10. The van der Waals surface area contributed by atoms with Crippen molar-refractivity contribution in [3.8, 4) is 5.88 Å². The molecule has 0 spiro atoms. The van der Waals surface area contributed by atoms with Crippen LogP contribution in [0.15, 0.2) is 12.3 Å². The molecule has 1 amide bonds. The van der Waals surface area contributed by atoms with Crippen LogP contribution in [0.2, 0.25) is 5.02 Å². The molecule has 0 N–H and O–H groups in total. The number of rotatable bonds is 4. The summed E-state index contributed by atoms with van der Waals surface area (Å²) in [5.41, 5.74) is 0.532. The zero-order valence-corrected chi connectivity index (χ0v) is 15.1. The first-order chi connectivity index (χ1) is 12.2. The number of piperazine rings is 1. The fraction of sp³-hybridized carbons (Fsp3) is 0.667. The lowest BCUT2D eigenvalue weighted by Crippen LogP contribution is -2.49. The average molecular weight is 366 g/mol. The van der Waals surface area contributed by atoms with Crippen molar-refractivity contribution in [1.82, 2.24) is 14.8 Å². The van der Waals surface area contributed by atoms with E-state index in [2.05, 4.69) is 9.88 Å². The number of amides is 1. The Balaban J connectivity index is 1.36. The molecule has 2 aliphatic heterocycles. The van der Waals surface area contributed by atoms with Gasteiger partial charge in [-0.05, 0) is 18.9 Å². The molecule has 0 radical (unpaired) electrons. The van der Waals surface area contributed by atoms with Crippen molar-refractivity contribution in [1.29, 1.82) is 0 Å². The minimum Gasteiger partial charge on any atom is -0.473 e. The van der Waals surface area contributed by atoms with Gasteiger partial charge in [0.1, 0.15) is 11.1 Å². The van der Waals surface area contributed by atoms with Gasteiger partial charge < -0.3 is 14.4 Å². The third-order valence-electron chi connectivity index (χ3n) is 5.17. The molecule has 6 nitrogen and oxygen atoms in total. The quantitative estimate of drug-likeness (QED) is 0.818. The fourth-order valence-corrected chi connectivity index (χ4v) is 3.70. The van der Waals surface area contributed by atoms with E-state index >= 15 is 0 Å². The molecule has 2 saturated heterocycles. The summed E-state index contributed by atoms with van der Waals surface area (Å²) in [5.74, 6) is 0.408. The van der Waals surface area contributed by atoms with E-state index in [1.807, 2.05) is 4.90 Å². The zero-order chi connectivity index (χ0) is 17.2. The molecule has 1 saturated carbocycles. The largest absolute Gasteiger partial charge is 0.473 e. The highest BCUT2D eigenvalue weighted by atomic mass is 35.5. The molecule has 1 aliphatic carbocycles. The maximum atomic E-state index is 12.7. The van der Waals surface area contributed by atoms with E-state index in [0.29, 0.717) is 29.7 Å². The van der Waals surface area contributed by atoms with Crippen LogP contribution in [0.4, 0.5) is 0 Å². The summed E-state index contributed by atoms with van der Waals surface area (Å²) in [6.45, 7) is 4.86. The van der Waals surface area contributed by atoms with Gasteiger partial charge >= 0.3 is 0 Å². The Labute approximate surface area is 153 Å². The highest BCUT2D eigenvalue weighted by Crippen LogP contribution is 2.28. The van der Waals surface area contributed by atoms with E-state index in [0.717, 1.165) is 45.1 Å². The molecule has 3 fully saturated rings. The summed E-state index contributed by atoms with van der Waals surface area (Å²) >= 11 is 6.31. The molecule has 1 aromatic heterocycles. The SMILES string of the molecule is O=C(c1cnc(OC2CCOCC2)c(Cl)c1)N1CCN(C2CC2)CC1. The Hall–Kier alpha value is -1.37. The number of carbonyl (C=O) groups is 1. The van der Waals surface area contributed by atoms with Crippen LogP contribution in [0, 0.1) is 0 Å². The minimum atomic E-state index is 0.00228. The van der Waals surface area contributed by atoms with Crippen LogP contribution in [0.5, 0.6) is 5.88 Å². The van der Waals surface area contributed by atoms with E-state index in [1.165, 1.54) is 12.8 Å². The fourth-order valence-electron chi connectivity index (χ4n) is 3.49. The van der Waals surface area contributed by atoms with Gasteiger partial charge in [0.15, 0.2) is 0 Å². The standard InChI is InChI=1S/C18H24ClN3O3/c19-16-11-13(12-20-17(16)25-15-3-9-24-10-4-15)18(23)22-7-5-21(6-8-22)14-1-2-14/h11-12,14-15H,1-10H2. The summed E-state index contributed by atoms with van der Waals surface area (Å²) in [5, 5.41) is 0.397. The smallest absolute Gasteiger partial charge is 0.255 e. The maximum Gasteiger partial charge on any atom is 0.255 e. The van der Waals surface area contributed by atoms with Crippen LogP contribution in [0.3, 0.4) is 0 Å². The van der Waals surface area contributed by atoms with Crippen LogP contribution in [-0.2, 0) is 4.74 Å². The first-order valence-corrected chi connectivity index (χ1v) is 9.52. The van der Waals surface area contributed by atoms with Crippen molar-refractivity contribution in [2.45, 2.75) is 37.8 Å². The van der Waals surface area contributed by atoms with Gasteiger partial charge in [-0.1, -0.05) is 11.6 Å². The molecule has 136 valence electrons. The number of halogens is 1. The molecular weight excluding hydrogens is 342 g/mol. The van der Waals surface area contributed by atoms with Gasteiger partial charge in [0.05, 0.1) is 18.8 Å². The van der Waals surface area contributed by atoms with Crippen LogP contribution < -0.4 is 4.74 Å². The Morgan fingerprint density at radius 1 is 1.16 bits per heavy atom. The number of ether oxygens (including phenoxy) is 2. The lowest BCUT2D eigenvalue weighted by Gasteiger charge is -2.34. The molecule has 3 aliphatic rings. The molecule has 7 heteroatoms. The van der Waals surface area contributed by atoms with Crippen LogP contribution in [0.1, 0.15) is 36.0 Å². The highest BCUT2D eigenvalue weighted by molar-refractivity contribution is 6.32. The monoisotopic (exact) mass is 365 g/mol. The Morgan fingerprint density at radius 2 is 1.88 bits per heavy atom. The van der Waals surface area contributed by atoms with Crippen LogP contribution in [0.25, 0.3) is 0 Å². The molecule has 0 unspecified atom stereocenters. The molecule has 0 aromatic carbocycles. The van der Waals surface area contributed by atoms with Crippen LogP contribution in [-0.4, -0.2) is 72.2 Å². The van der Waals surface area contributed by atoms with Crippen LogP contribution >= 0.6 is 11.6 Å². The Morgan fingerprint density at radius 3 is 2.52 bits per heavy atom. The number of carbonyl (C=O) groups excluding carboxylic acids is 1. The molecule has 4 rings (SSSR count). The lowest BCUT2D eigenvalue weighted by atomic mass is 10.1.